The number of nitriles is 1. The molecule has 0 spiro atoms. The number of rotatable bonds is 4. The first-order chi connectivity index (χ1) is 7.54. The van der Waals surface area contributed by atoms with Gasteiger partial charge in [-0.25, -0.2) is 10.2 Å². The summed E-state index contributed by atoms with van der Waals surface area (Å²) in [7, 11) is 1.92. The van der Waals surface area contributed by atoms with E-state index < -0.39 is 0 Å². The Bertz CT molecular complexity index is 401. The molecule has 0 fully saturated rings. The van der Waals surface area contributed by atoms with Crippen molar-refractivity contribution >= 4 is 24.0 Å². The van der Waals surface area contributed by atoms with Crippen LogP contribution in [0.4, 0.5) is 17.3 Å². The van der Waals surface area contributed by atoms with Crippen LogP contribution >= 0.6 is 0 Å². The van der Waals surface area contributed by atoms with E-state index in [1.807, 2.05) is 24.8 Å². The summed E-state index contributed by atoms with van der Waals surface area (Å²) in [6, 6.07) is 3.56. The van der Waals surface area contributed by atoms with Crippen LogP contribution in [0.3, 0.4) is 0 Å². The summed E-state index contributed by atoms with van der Waals surface area (Å²) in [6.45, 7) is 2.72. The Balaban J connectivity index is 2.63. The van der Waals surface area contributed by atoms with Crippen LogP contribution in [0.15, 0.2) is 12.1 Å². The summed E-state index contributed by atoms with van der Waals surface area (Å²) in [5.74, 6) is 3.32. The van der Waals surface area contributed by atoms with E-state index in [2.05, 4.69) is 11.0 Å². The zero-order valence-corrected chi connectivity index (χ0v) is 9.64. The van der Waals surface area contributed by atoms with E-state index in [0.29, 0.717) is 11.5 Å². The highest BCUT2D eigenvalue weighted by Crippen LogP contribution is 2.17. The molecule has 0 aliphatic carbocycles. The topological polar surface area (TPSA) is 92.0 Å². The minimum absolute atomic E-state index is 0.0496. The summed E-state index contributed by atoms with van der Waals surface area (Å²) in [5, 5.41) is 8.68. The number of aromatic nitrogens is 1. The fourth-order valence-corrected chi connectivity index (χ4v) is 1.25. The molecular weight excluding hydrogens is 201 g/mol. The van der Waals surface area contributed by atoms with Crippen LogP contribution in [0.2, 0.25) is 13.1 Å². The molecule has 6 heteroatoms. The van der Waals surface area contributed by atoms with Gasteiger partial charge in [0.25, 0.3) is 6.71 Å². The average molecular weight is 217 g/mol. The lowest BCUT2D eigenvalue weighted by Gasteiger charge is -2.18. The monoisotopic (exact) mass is 217 g/mol. The normalized spacial score (nSPS) is 9.56. The Kier molecular flexibility index (Phi) is 4.00. The molecule has 0 aliphatic rings. The molecule has 0 bridgehead atoms. The maximum Gasteiger partial charge on any atom is 0.266 e. The lowest BCUT2D eigenvalue weighted by Crippen LogP contribution is -2.23. The third kappa shape index (κ3) is 3.06. The lowest BCUT2D eigenvalue weighted by atomic mass is 9.51. The van der Waals surface area contributed by atoms with Gasteiger partial charge in [-0.2, -0.15) is 0 Å². The quantitative estimate of drug-likeness (QED) is 0.730. The summed E-state index contributed by atoms with van der Waals surface area (Å²) in [4.78, 5) is 6.13. The van der Waals surface area contributed by atoms with Crippen molar-refractivity contribution in [3.05, 3.63) is 12.1 Å². The Morgan fingerprint density at radius 2 is 2.19 bits per heavy atom. The lowest BCUT2D eigenvalue weighted by molar-refractivity contribution is 0.933. The first-order valence-electron chi connectivity index (χ1n) is 5.17. The van der Waals surface area contributed by atoms with Crippen LogP contribution in [0.1, 0.15) is 0 Å². The number of pyridine rings is 1. The molecule has 1 rings (SSSR count). The van der Waals surface area contributed by atoms with Crippen molar-refractivity contribution in [2.24, 2.45) is 0 Å². The largest absolute Gasteiger partial charge is 0.396 e. The third-order valence-corrected chi connectivity index (χ3v) is 2.45. The van der Waals surface area contributed by atoms with Gasteiger partial charge in [0.2, 0.25) is 0 Å². The second-order valence-corrected chi connectivity index (χ2v) is 3.88. The van der Waals surface area contributed by atoms with E-state index in [1.54, 1.807) is 6.07 Å². The number of nitrogens with two attached hydrogens (primary N) is 2. The highest BCUT2D eigenvalue weighted by atomic mass is 15.2. The molecule has 16 heavy (non-hydrogen) atoms. The number of hydrogen-bond acceptors (Lipinski definition) is 5. The first-order valence-corrected chi connectivity index (χ1v) is 5.17. The molecule has 0 aromatic carbocycles. The zero-order valence-electron chi connectivity index (χ0n) is 9.64. The Morgan fingerprint density at radius 3 is 2.75 bits per heavy atom. The van der Waals surface area contributed by atoms with Crippen molar-refractivity contribution in [1.29, 1.82) is 5.26 Å². The fourth-order valence-electron chi connectivity index (χ4n) is 1.25. The average Bonchev–Trinajstić information content (AvgIpc) is 2.29. The van der Waals surface area contributed by atoms with Gasteiger partial charge in [0.15, 0.2) is 0 Å². The smallest absolute Gasteiger partial charge is 0.266 e. The van der Waals surface area contributed by atoms with Gasteiger partial charge in [0.05, 0.1) is 5.69 Å². The van der Waals surface area contributed by atoms with E-state index in [9.17, 15) is 0 Å². The molecule has 4 N–H and O–H groups in total. The van der Waals surface area contributed by atoms with E-state index in [1.165, 1.54) is 0 Å². The van der Waals surface area contributed by atoms with Crippen LogP contribution in [0.25, 0.3) is 0 Å². The summed E-state index contributed by atoms with van der Waals surface area (Å²) < 4.78 is 0. The highest BCUT2D eigenvalue weighted by Gasteiger charge is 2.09. The van der Waals surface area contributed by atoms with Gasteiger partial charge in [-0.15, -0.1) is 0 Å². The Labute approximate surface area is 96.1 Å². The van der Waals surface area contributed by atoms with Crippen LogP contribution < -0.4 is 16.4 Å². The van der Waals surface area contributed by atoms with Gasteiger partial charge >= 0.3 is 0 Å². The van der Waals surface area contributed by atoms with Crippen molar-refractivity contribution < 1.29 is 0 Å². The van der Waals surface area contributed by atoms with Crippen molar-refractivity contribution in [3.8, 4) is 5.97 Å². The van der Waals surface area contributed by atoms with Crippen molar-refractivity contribution in [1.82, 2.24) is 4.98 Å². The molecule has 0 saturated carbocycles. The minimum Gasteiger partial charge on any atom is -0.396 e. The van der Waals surface area contributed by atoms with Crippen LogP contribution in [0, 0.1) is 11.2 Å². The molecule has 5 nitrogen and oxygen atoms in total. The standard InChI is InChI=1S/C10H16BN5/c1-11(7-12)5-6-16(2)9-4-3-8(13)10(14)15-9/h3-4H,5-6,13H2,1-2H3,(H2,14,15). The SMILES string of the molecule is CB(C#N)CCN(C)c1ccc(N)c(N)n1. The molecule has 0 saturated heterocycles. The maximum absolute atomic E-state index is 8.68. The molecule has 0 atom stereocenters. The number of anilines is 3. The first kappa shape index (κ1) is 12.2. The third-order valence-electron chi connectivity index (χ3n) is 2.45. The highest BCUT2D eigenvalue weighted by molar-refractivity contribution is 6.65. The second kappa shape index (κ2) is 5.26. The predicted molar refractivity (Wildman–Crippen MR) is 68.4 cm³/mol. The molecule has 1 heterocycles. The fraction of sp³-hybridized carbons (Fsp3) is 0.400. The van der Waals surface area contributed by atoms with E-state index >= 15 is 0 Å². The van der Waals surface area contributed by atoms with Crippen LogP contribution in [-0.2, 0) is 0 Å². The summed E-state index contributed by atoms with van der Waals surface area (Å²) in [6.07, 6.45) is 0.805. The van der Waals surface area contributed by atoms with Crippen LogP contribution in [-0.4, -0.2) is 25.3 Å². The van der Waals surface area contributed by atoms with Crippen molar-refractivity contribution in [2.75, 3.05) is 30.0 Å². The summed E-state index contributed by atoms with van der Waals surface area (Å²) >= 11 is 0. The molecule has 84 valence electrons. The molecule has 0 radical (unpaired) electrons. The number of hydrogen-bond donors (Lipinski definition) is 2. The molecule has 0 aliphatic heterocycles. The molecular formula is C10H16BN5. The number of nitrogen functional groups attached to an aromatic ring is 2. The predicted octanol–water partition coefficient (Wildman–Crippen LogP) is 0.870. The molecule has 1 aromatic heterocycles. The Morgan fingerprint density at radius 1 is 1.50 bits per heavy atom. The van der Waals surface area contributed by atoms with E-state index in [4.69, 9.17) is 16.7 Å². The number of nitrogens with zero attached hydrogens (tertiary/aromatic N) is 3. The van der Waals surface area contributed by atoms with Gasteiger partial charge in [-0.1, -0.05) is 6.82 Å². The van der Waals surface area contributed by atoms with Gasteiger partial charge < -0.3 is 16.4 Å². The van der Waals surface area contributed by atoms with Crippen LogP contribution in [0.5, 0.6) is 0 Å². The van der Waals surface area contributed by atoms with E-state index in [-0.39, 0.29) is 6.71 Å². The zero-order chi connectivity index (χ0) is 12.1. The molecule has 0 unspecified atom stereocenters. The van der Waals surface area contributed by atoms with Crippen molar-refractivity contribution in [3.63, 3.8) is 0 Å². The maximum atomic E-state index is 8.68. The van der Waals surface area contributed by atoms with Gasteiger partial charge in [-0.3, -0.25) is 0 Å². The van der Waals surface area contributed by atoms with Crippen molar-refractivity contribution in [2.45, 2.75) is 13.1 Å². The minimum atomic E-state index is 0.0496. The molecule has 1 aromatic rings. The van der Waals surface area contributed by atoms with E-state index in [0.717, 1.165) is 18.7 Å². The van der Waals surface area contributed by atoms with Gasteiger partial charge in [0.1, 0.15) is 11.6 Å². The summed E-state index contributed by atoms with van der Waals surface area (Å²) in [5.41, 5.74) is 11.7. The second-order valence-electron chi connectivity index (χ2n) is 3.88. The van der Waals surface area contributed by atoms with Gasteiger partial charge in [0, 0.05) is 19.6 Å². The van der Waals surface area contributed by atoms with Gasteiger partial charge in [-0.05, 0) is 18.5 Å². The Hall–Kier alpha value is -1.90. The molecule has 0 amide bonds.